The minimum atomic E-state index is -4.42. The van der Waals surface area contributed by atoms with Gasteiger partial charge in [-0.1, -0.05) is 28.1 Å². The molecule has 2 rings (SSSR count). The molecule has 0 saturated carbocycles. The molecule has 4 nitrogen and oxygen atoms in total. The quantitative estimate of drug-likeness (QED) is 0.750. The van der Waals surface area contributed by atoms with Crippen LogP contribution in [0.2, 0.25) is 0 Å². The Morgan fingerprint density at radius 1 is 1.08 bits per heavy atom. The van der Waals surface area contributed by atoms with Gasteiger partial charge in [-0.25, -0.2) is 0 Å². The van der Waals surface area contributed by atoms with E-state index in [0.717, 1.165) is 4.47 Å². The second kappa shape index (κ2) is 8.05. The maximum absolute atomic E-state index is 12.2. The molecule has 0 unspecified atom stereocenters. The fraction of sp³-hybridized carbons (Fsp3) is 0.188. The summed E-state index contributed by atoms with van der Waals surface area (Å²) in [6.45, 7) is -1.50. The Balaban J connectivity index is 1.91. The van der Waals surface area contributed by atoms with E-state index in [-0.39, 0.29) is 18.2 Å². The second-order valence-electron chi connectivity index (χ2n) is 4.81. The first-order valence-electron chi connectivity index (χ1n) is 6.91. The number of amides is 1. The number of ether oxygens (including phenoxy) is 1. The van der Waals surface area contributed by atoms with E-state index in [0.29, 0.717) is 11.4 Å². The van der Waals surface area contributed by atoms with Crippen molar-refractivity contribution < 1.29 is 22.7 Å². The molecule has 2 N–H and O–H groups in total. The molecule has 0 heterocycles. The van der Waals surface area contributed by atoms with Crippen LogP contribution in [0.4, 0.5) is 24.5 Å². The van der Waals surface area contributed by atoms with E-state index < -0.39 is 12.8 Å². The zero-order valence-electron chi connectivity index (χ0n) is 12.4. The minimum Gasteiger partial charge on any atom is -0.482 e. The first-order valence-corrected chi connectivity index (χ1v) is 7.71. The number of anilines is 2. The summed E-state index contributed by atoms with van der Waals surface area (Å²) in [5.41, 5.74) is 0.930. The van der Waals surface area contributed by atoms with Crippen LogP contribution < -0.4 is 15.4 Å². The van der Waals surface area contributed by atoms with Gasteiger partial charge < -0.3 is 15.4 Å². The van der Waals surface area contributed by atoms with Crippen LogP contribution in [0.1, 0.15) is 0 Å². The molecule has 0 aliphatic heterocycles. The van der Waals surface area contributed by atoms with Gasteiger partial charge in [0.05, 0.1) is 12.2 Å². The lowest BCUT2D eigenvalue weighted by molar-refractivity contribution is -0.153. The number of hydrogen-bond acceptors (Lipinski definition) is 3. The standard InChI is InChI=1S/C16H14BrF3N2O2/c17-11-5-7-12(8-6-11)22-15(23)9-21-13-3-1-2-4-14(13)24-10-16(18,19)20/h1-8,21H,9-10H2,(H,22,23). The van der Waals surface area contributed by atoms with Gasteiger partial charge in [0, 0.05) is 10.2 Å². The van der Waals surface area contributed by atoms with Crippen molar-refractivity contribution in [2.45, 2.75) is 6.18 Å². The Kier molecular flexibility index (Phi) is 6.08. The van der Waals surface area contributed by atoms with Crippen molar-refractivity contribution in [3.63, 3.8) is 0 Å². The van der Waals surface area contributed by atoms with E-state index in [1.807, 2.05) is 0 Å². The van der Waals surface area contributed by atoms with E-state index in [1.54, 1.807) is 42.5 Å². The van der Waals surface area contributed by atoms with E-state index in [2.05, 4.69) is 26.6 Å². The molecule has 2 aromatic rings. The lowest BCUT2D eigenvalue weighted by atomic mass is 10.3. The predicted octanol–water partition coefficient (Wildman–Crippen LogP) is 4.44. The first kappa shape index (κ1) is 18.1. The monoisotopic (exact) mass is 402 g/mol. The second-order valence-corrected chi connectivity index (χ2v) is 5.72. The van der Waals surface area contributed by atoms with Crippen LogP contribution in [0.15, 0.2) is 53.0 Å². The van der Waals surface area contributed by atoms with E-state index >= 15 is 0 Å². The number of carbonyl (C=O) groups excluding carboxylic acids is 1. The number of rotatable bonds is 6. The fourth-order valence-electron chi connectivity index (χ4n) is 1.81. The number of nitrogens with one attached hydrogen (secondary N) is 2. The predicted molar refractivity (Wildman–Crippen MR) is 89.3 cm³/mol. The molecule has 0 spiro atoms. The first-order chi connectivity index (χ1) is 11.3. The molecule has 24 heavy (non-hydrogen) atoms. The van der Waals surface area contributed by atoms with Crippen molar-refractivity contribution >= 4 is 33.2 Å². The smallest absolute Gasteiger partial charge is 0.422 e. The summed E-state index contributed by atoms with van der Waals surface area (Å²) in [7, 11) is 0. The molecule has 8 heteroatoms. The third kappa shape index (κ3) is 6.11. The summed E-state index contributed by atoms with van der Waals surface area (Å²) in [4.78, 5) is 11.9. The number of benzene rings is 2. The normalized spacial score (nSPS) is 11.0. The summed E-state index contributed by atoms with van der Waals surface area (Å²) < 4.78 is 42.4. The van der Waals surface area contributed by atoms with Crippen LogP contribution in [-0.4, -0.2) is 25.2 Å². The highest BCUT2D eigenvalue weighted by Crippen LogP contribution is 2.26. The van der Waals surface area contributed by atoms with Crippen LogP contribution in [0.5, 0.6) is 5.75 Å². The van der Waals surface area contributed by atoms with Crippen molar-refractivity contribution in [2.24, 2.45) is 0 Å². The van der Waals surface area contributed by atoms with Crippen molar-refractivity contribution in [2.75, 3.05) is 23.8 Å². The number of alkyl halides is 3. The highest BCUT2D eigenvalue weighted by atomic mass is 79.9. The van der Waals surface area contributed by atoms with Gasteiger partial charge >= 0.3 is 6.18 Å². The van der Waals surface area contributed by atoms with Gasteiger partial charge in [-0.3, -0.25) is 4.79 Å². The van der Waals surface area contributed by atoms with Crippen molar-refractivity contribution in [1.82, 2.24) is 0 Å². The molecule has 2 aromatic carbocycles. The molecule has 128 valence electrons. The van der Waals surface area contributed by atoms with Crippen LogP contribution in [-0.2, 0) is 4.79 Å². The Hall–Kier alpha value is -2.22. The highest BCUT2D eigenvalue weighted by molar-refractivity contribution is 9.10. The fourth-order valence-corrected chi connectivity index (χ4v) is 2.08. The molecule has 0 bridgehead atoms. The minimum absolute atomic E-state index is 0.0336. The zero-order valence-corrected chi connectivity index (χ0v) is 13.9. The molecule has 0 aliphatic rings. The largest absolute Gasteiger partial charge is 0.482 e. The summed E-state index contributed by atoms with van der Waals surface area (Å²) in [5.74, 6) is -0.297. The third-order valence-electron chi connectivity index (χ3n) is 2.85. The number of carbonyl (C=O) groups is 1. The summed E-state index contributed by atoms with van der Waals surface area (Å²) in [6, 6.07) is 13.1. The number of halogens is 4. The van der Waals surface area contributed by atoms with Gasteiger partial charge in [0.25, 0.3) is 0 Å². The Bertz CT molecular complexity index is 690. The van der Waals surface area contributed by atoms with Gasteiger partial charge in [-0.15, -0.1) is 0 Å². The van der Waals surface area contributed by atoms with Crippen molar-refractivity contribution in [3.05, 3.63) is 53.0 Å². The zero-order chi connectivity index (χ0) is 17.6. The Morgan fingerprint density at radius 3 is 2.42 bits per heavy atom. The summed E-state index contributed by atoms with van der Waals surface area (Å²) >= 11 is 3.29. The van der Waals surface area contributed by atoms with Crippen LogP contribution in [0, 0.1) is 0 Å². The topological polar surface area (TPSA) is 50.4 Å². The molecule has 0 saturated heterocycles. The summed E-state index contributed by atoms with van der Waals surface area (Å²) in [5, 5.41) is 5.44. The number of hydrogen-bond donors (Lipinski definition) is 2. The molecule has 0 aliphatic carbocycles. The van der Waals surface area contributed by atoms with Crippen LogP contribution in [0.25, 0.3) is 0 Å². The molecular weight excluding hydrogens is 389 g/mol. The van der Waals surface area contributed by atoms with Gasteiger partial charge in [0.15, 0.2) is 6.61 Å². The van der Waals surface area contributed by atoms with Crippen LogP contribution in [0.3, 0.4) is 0 Å². The Morgan fingerprint density at radius 2 is 1.75 bits per heavy atom. The molecule has 1 amide bonds. The van der Waals surface area contributed by atoms with E-state index in [1.165, 1.54) is 6.07 Å². The maximum atomic E-state index is 12.2. The van der Waals surface area contributed by atoms with Crippen molar-refractivity contribution in [3.8, 4) is 5.75 Å². The average molecular weight is 403 g/mol. The van der Waals surface area contributed by atoms with Gasteiger partial charge in [-0.2, -0.15) is 13.2 Å². The number of para-hydroxylation sites is 2. The molecular formula is C16H14BrF3N2O2. The summed E-state index contributed by atoms with van der Waals surface area (Å²) in [6.07, 6.45) is -4.42. The van der Waals surface area contributed by atoms with E-state index in [4.69, 9.17) is 4.74 Å². The molecule has 0 radical (unpaired) electrons. The maximum Gasteiger partial charge on any atom is 0.422 e. The third-order valence-corrected chi connectivity index (χ3v) is 3.37. The SMILES string of the molecule is O=C(CNc1ccccc1OCC(F)(F)F)Nc1ccc(Br)cc1. The van der Waals surface area contributed by atoms with Gasteiger partial charge in [0.2, 0.25) is 5.91 Å². The lowest BCUT2D eigenvalue weighted by Gasteiger charge is -2.14. The average Bonchev–Trinajstić information content (AvgIpc) is 2.53. The molecule has 0 atom stereocenters. The lowest BCUT2D eigenvalue weighted by Crippen LogP contribution is -2.23. The van der Waals surface area contributed by atoms with Gasteiger partial charge in [0.1, 0.15) is 5.75 Å². The Labute approximate surface area is 145 Å². The molecule has 0 aromatic heterocycles. The van der Waals surface area contributed by atoms with E-state index in [9.17, 15) is 18.0 Å². The highest BCUT2D eigenvalue weighted by Gasteiger charge is 2.28. The van der Waals surface area contributed by atoms with Crippen molar-refractivity contribution in [1.29, 1.82) is 0 Å². The molecule has 0 fully saturated rings. The van der Waals surface area contributed by atoms with Crippen LogP contribution >= 0.6 is 15.9 Å². The van der Waals surface area contributed by atoms with Gasteiger partial charge in [-0.05, 0) is 36.4 Å².